The molecular formula is BI3V. The molecule has 0 aliphatic carbocycles. The topological polar surface area (TPSA) is 0 Å². The molecule has 0 aromatic rings. The van der Waals surface area contributed by atoms with E-state index < -0.39 is 0 Å². The predicted octanol–water partition coefficient (Wildman–Crippen LogP) is 2.27. The van der Waals surface area contributed by atoms with Crippen LogP contribution in [0.5, 0.6) is 0 Å². The molecule has 0 saturated carbocycles. The van der Waals surface area contributed by atoms with Crippen molar-refractivity contribution in [1.82, 2.24) is 0 Å². The molecule has 0 spiro atoms. The van der Waals surface area contributed by atoms with E-state index in [1.165, 1.54) is 0 Å². The average Bonchev–Trinajstić information content (AvgIpc) is 0.811. The molecule has 0 bridgehead atoms. The fourth-order valence-corrected chi connectivity index (χ4v) is 0. The molecule has 0 aliphatic rings. The van der Waals surface area contributed by atoms with E-state index >= 15 is 0 Å². The predicted molar refractivity (Wildman–Crippen MR) is 47.8 cm³/mol. The van der Waals surface area contributed by atoms with Gasteiger partial charge in [-0.05, 0) is 0 Å². The summed E-state index contributed by atoms with van der Waals surface area (Å²) in [4.78, 5) is -0.278. The molecule has 0 aliphatic heterocycles. The Kier molecular flexibility index (Phi) is 14.7. The van der Waals surface area contributed by atoms with Gasteiger partial charge in [0.25, 0.3) is 0 Å². The molecule has 0 heterocycles. The summed E-state index contributed by atoms with van der Waals surface area (Å²) in [5.74, 6) is 0. The molecule has 3 radical (unpaired) electrons. The Balaban J connectivity index is 0. The third-order valence-corrected chi connectivity index (χ3v) is 0. The first-order valence-electron chi connectivity index (χ1n) is 0.507. The first kappa shape index (κ1) is 10.8. The van der Waals surface area contributed by atoms with Gasteiger partial charge in [0, 0.05) is 8.41 Å². The summed E-state index contributed by atoms with van der Waals surface area (Å²) in [6.45, 7) is 0. The molecule has 0 amide bonds. The maximum absolute atomic E-state index is 2.46. The van der Waals surface area contributed by atoms with E-state index in [1.807, 2.05) is 0 Å². The first-order chi connectivity index (χ1) is 1.73. The van der Waals surface area contributed by atoms with Crippen molar-refractivity contribution in [3.8, 4) is 0 Å². The molecular weight excluding hydrogens is 442 g/mol. The molecule has 0 aromatic carbocycles. The summed E-state index contributed by atoms with van der Waals surface area (Å²) >= 11 is 7.39. The number of rotatable bonds is 0. The Morgan fingerprint density at radius 3 is 1.00 bits per heavy atom. The van der Waals surface area contributed by atoms with Crippen molar-refractivity contribution in [2.24, 2.45) is 0 Å². The summed E-state index contributed by atoms with van der Waals surface area (Å²) in [6.07, 6.45) is 0. The van der Waals surface area contributed by atoms with Gasteiger partial charge in [-0.2, -0.15) is 0 Å². The SMILES string of the molecule is [B].[I][V]([I])[I]. The van der Waals surface area contributed by atoms with Crippen molar-refractivity contribution < 1.29 is 4.92 Å². The van der Waals surface area contributed by atoms with Gasteiger partial charge >= 0.3 is 64.9 Å². The first-order valence-corrected chi connectivity index (χ1v) is 14.0. The van der Waals surface area contributed by atoms with Gasteiger partial charge in [-0.25, -0.2) is 0 Å². The van der Waals surface area contributed by atoms with Crippen molar-refractivity contribution in [2.45, 2.75) is 0 Å². The molecule has 0 N–H and O–H groups in total. The fourth-order valence-electron chi connectivity index (χ4n) is 0. The minimum atomic E-state index is -0.278. The molecule has 0 rings (SSSR count). The number of hydrogen-bond donors (Lipinski definition) is 0. The van der Waals surface area contributed by atoms with Crippen LogP contribution in [0.15, 0.2) is 0 Å². The van der Waals surface area contributed by atoms with E-state index in [4.69, 9.17) is 0 Å². The van der Waals surface area contributed by atoms with Crippen LogP contribution in [0.25, 0.3) is 0 Å². The van der Waals surface area contributed by atoms with E-state index in [9.17, 15) is 0 Å². The zero-order chi connectivity index (χ0) is 3.58. The molecule has 5 heteroatoms. The van der Waals surface area contributed by atoms with Gasteiger partial charge in [-0.15, -0.1) is 0 Å². The summed E-state index contributed by atoms with van der Waals surface area (Å²) in [7, 11) is 0. The van der Waals surface area contributed by atoms with Crippen LogP contribution in [0.1, 0.15) is 0 Å². The molecule has 0 aromatic heterocycles. The second-order valence-corrected chi connectivity index (χ2v) is 35.6. The summed E-state index contributed by atoms with van der Waals surface area (Å²) in [5.41, 5.74) is 0. The Morgan fingerprint density at radius 2 is 1.00 bits per heavy atom. The zero-order valence-electron chi connectivity index (χ0n) is 2.16. The second-order valence-electron chi connectivity index (χ2n) is 0.192. The van der Waals surface area contributed by atoms with Crippen LogP contribution >= 0.6 is 59.9 Å². The van der Waals surface area contributed by atoms with Crippen LogP contribution in [0.4, 0.5) is 0 Å². The van der Waals surface area contributed by atoms with Crippen LogP contribution < -0.4 is 0 Å². The minimum absolute atomic E-state index is 0. The van der Waals surface area contributed by atoms with Crippen LogP contribution in [0.3, 0.4) is 0 Å². The van der Waals surface area contributed by atoms with E-state index in [0.717, 1.165) is 0 Å². The van der Waals surface area contributed by atoms with E-state index in [1.54, 1.807) is 0 Å². The van der Waals surface area contributed by atoms with Gasteiger partial charge in [0.15, 0.2) is 0 Å². The quantitative estimate of drug-likeness (QED) is 0.399. The molecule has 0 atom stereocenters. The monoisotopic (exact) mass is 443 g/mol. The van der Waals surface area contributed by atoms with Crippen LogP contribution in [0, 0.1) is 0 Å². The molecule has 0 fully saturated rings. The van der Waals surface area contributed by atoms with Crippen LogP contribution in [-0.2, 0) is 4.92 Å². The normalized spacial score (nSPS) is 7.20. The van der Waals surface area contributed by atoms with E-state index in [-0.39, 0.29) is 13.3 Å². The van der Waals surface area contributed by atoms with Crippen molar-refractivity contribution in [1.29, 1.82) is 0 Å². The van der Waals surface area contributed by atoms with Gasteiger partial charge in [-0.3, -0.25) is 0 Å². The third kappa shape index (κ3) is 19.9. The van der Waals surface area contributed by atoms with Crippen LogP contribution in [0.2, 0.25) is 0 Å². The van der Waals surface area contributed by atoms with Gasteiger partial charge in [0.1, 0.15) is 0 Å². The summed E-state index contributed by atoms with van der Waals surface area (Å²) in [5, 5.41) is 0. The molecule has 0 nitrogen and oxygen atoms in total. The summed E-state index contributed by atoms with van der Waals surface area (Å²) in [6, 6.07) is 0. The Hall–Kier alpha value is 2.84. The van der Waals surface area contributed by atoms with Gasteiger partial charge in [-0.1, -0.05) is 0 Å². The molecule has 0 saturated heterocycles. The standard InChI is InChI=1S/B.3HI.V/h;3*1H;/q;;;;+3/p-3. The van der Waals surface area contributed by atoms with E-state index in [0.29, 0.717) is 0 Å². The van der Waals surface area contributed by atoms with Crippen molar-refractivity contribution >= 4 is 68.3 Å². The fraction of sp³-hybridized carbons (Fsp3) is 0. The van der Waals surface area contributed by atoms with Crippen molar-refractivity contribution in [2.75, 3.05) is 0 Å². The van der Waals surface area contributed by atoms with Crippen molar-refractivity contribution in [3.05, 3.63) is 0 Å². The average molecular weight is 442 g/mol. The van der Waals surface area contributed by atoms with E-state index in [2.05, 4.69) is 59.9 Å². The Morgan fingerprint density at radius 1 is 1.00 bits per heavy atom. The van der Waals surface area contributed by atoms with Gasteiger partial charge in [0.2, 0.25) is 0 Å². The Labute approximate surface area is 71.5 Å². The van der Waals surface area contributed by atoms with Gasteiger partial charge < -0.3 is 0 Å². The number of hydrogen-bond acceptors (Lipinski definition) is 0. The summed E-state index contributed by atoms with van der Waals surface area (Å²) < 4.78 is 0. The van der Waals surface area contributed by atoms with Crippen molar-refractivity contribution in [3.63, 3.8) is 0 Å². The zero-order valence-corrected chi connectivity index (χ0v) is 10.0. The maximum atomic E-state index is 2.46. The van der Waals surface area contributed by atoms with Gasteiger partial charge in [0.05, 0.1) is 0 Å². The van der Waals surface area contributed by atoms with Crippen LogP contribution in [-0.4, -0.2) is 8.41 Å². The second kappa shape index (κ2) is 6.84. The molecule has 29 valence electrons. The molecule has 0 unspecified atom stereocenters. The third-order valence-electron chi connectivity index (χ3n) is 0. The Bertz CT molecular complexity index is 11.6. The number of halogens is 3. The molecule has 5 heavy (non-hydrogen) atoms.